The number of benzene rings is 2. The summed E-state index contributed by atoms with van der Waals surface area (Å²) in [5, 5.41) is 16.3. The van der Waals surface area contributed by atoms with Gasteiger partial charge >= 0.3 is 5.97 Å². The third-order valence-corrected chi connectivity index (χ3v) is 9.97. The molecule has 8 heteroatoms. The highest BCUT2D eigenvalue weighted by Gasteiger charge is 2.46. The average Bonchev–Trinajstić information content (AvgIpc) is 3.27. The third-order valence-electron chi connectivity index (χ3n) is 9.97. The summed E-state index contributed by atoms with van der Waals surface area (Å²) in [5.74, 6) is -1.09. The molecule has 1 heterocycles. The van der Waals surface area contributed by atoms with Gasteiger partial charge in [0.2, 0.25) is 5.91 Å². The van der Waals surface area contributed by atoms with E-state index in [-0.39, 0.29) is 17.2 Å². The summed E-state index contributed by atoms with van der Waals surface area (Å²) < 4.78 is 7.98. The van der Waals surface area contributed by atoms with Gasteiger partial charge in [-0.2, -0.15) is 0 Å². The number of nitrogens with one attached hydrogen (secondary N) is 2. The summed E-state index contributed by atoms with van der Waals surface area (Å²) in [6.45, 7) is 2.23. The highest BCUT2D eigenvalue weighted by molar-refractivity contribution is 6.05. The second-order valence-electron chi connectivity index (χ2n) is 12.5. The maximum atomic E-state index is 13.6. The monoisotopic (exact) mass is 583 g/mol. The average molecular weight is 584 g/mol. The predicted octanol–water partition coefficient (Wildman–Crippen LogP) is 6.50. The van der Waals surface area contributed by atoms with Crippen LogP contribution in [0.25, 0.3) is 17.0 Å². The van der Waals surface area contributed by atoms with E-state index in [1.54, 1.807) is 18.2 Å². The van der Waals surface area contributed by atoms with Crippen LogP contribution in [-0.2, 0) is 28.5 Å². The minimum atomic E-state index is -1.05. The molecule has 0 bridgehead atoms. The summed E-state index contributed by atoms with van der Waals surface area (Å²) in [7, 11) is 2.13. The van der Waals surface area contributed by atoms with Crippen molar-refractivity contribution in [3.63, 3.8) is 0 Å². The van der Waals surface area contributed by atoms with Crippen molar-refractivity contribution in [1.82, 2.24) is 9.88 Å². The summed E-state index contributed by atoms with van der Waals surface area (Å²) >= 11 is 0. The highest BCUT2D eigenvalue weighted by Crippen LogP contribution is 2.50. The molecule has 1 spiro atoms. The van der Waals surface area contributed by atoms with E-state index >= 15 is 0 Å². The van der Waals surface area contributed by atoms with E-state index in [1.807, 2.05) is 19.1 Å². The van der Waals surface area contributed by atoms with Crippen LogP contribution < -0.4 is 15.4 Å². The molecule has 2 amide bonds. The lowest BCUT2D eigenvalue weighted by molar-refractivity contribution is -0.131. The lowest BCUT2D eigenvalue weighted by atomic mass is 9.63. The van der Waals surface area contributed by atoms with Gasteiger partial charge in [0.05, 0.1) is 6.61 Å². The fourth-order valence-corrected chi connectivity index (χ4v) is 7.63. The zero-order chi connectivity index (χ0) is 30.2. The molecule has 2 saturated carbocycles. The van der Waals surface area contributed by atoms with Gasteiger partial charge in [0.25, 0.3) is 5.91 Å². The number of rotatable bonds is 8. The number of nitrogens with zero attached hydrogens (tertiary/aromatic N) is 1. The number of anilines is 1. The quantitative estimate of drug-likeness (QED) is 0.262. The van der Waals surface area contributed by atoms with Gasteiger partial charge in [-0.3, -0.25) is 9.59 Å². The molecule has 0 unspecified atom stereocenters. The molecule has 0 atom stereocenters. The number of aryl methyl sites for hydroxylation is 1. The van der Waals surface area contributed by atoms with Gasteiger partial charge in [-0.1, -0.05) is 25.3 Å². The number of carbonyl (C=O) groups excluding carboxylic acids is 2. The first kappa shape index (κ1) is 29.0. The first-order valence-corrected chi connectivity index (χ1v) is 15.7. The second kappa shape index (κ2) is 11.5. The zero-order valence-electron chi connectivity index (χ0n) is 25.1. The number of hydrogen-bond donors (Lipinski definition) is 3. The Hall–Kier alpha value is -4.07. The fourth-order valence-electron chi connectivity index (χ4n) is 7.63. The third kappa shape index (κ3) is 5.32. The van der Waals surface area contributed by atoms with Gasteiger partial charge in [0.15, 0.2) is 0 Å². The number of carboxylic acid groups (broad SMARTS) is 1. The van der Waals surface area contributed by atoms with Crippen molar-refractivity contribution in [1.29, 1.82) is 0 Å². The second-order valence-corrected chi connectivity index (χ2v) is 12.5. The van der Waals surface area contributed by atoms with Crippen LogP contribution in [-0.4, -0.2) is 39.6 Å². The van der Waals surface area contributed by atoms with Crippen LogP contribution >= 0.6 is 0 Å². The van der Waals surface area contributed by atoms with Crippen molar-refractivity contribution in [3.05, 3.63) is 64.9 Å². The number of carboxylic acids is 1. The number of carbonyl (C=O) groups is 3. The lowest BCUT2D eigenvalue weighted by Crippen LogP contribution is -2.61. The van der Waals surface area contributed by atoms with Gasteiger partial charge in [0.1, 0.15) is 11.3 Å². The first-order valence-electron chi connectivity index (χ1n) is 15.7. The van der Waals surface area contributed by atoms with Gasteiger partial charge in [-0.05, 0) is 99.6 Å². The molecular formula is C35H41N3O5. The Morgan fingerprint density at radius 3 is 2.44 bits per heavy atom. The molecule has 2 aromatic carbocycles. The van der Waals surface area contributed by atoms with Crippen LogP contribution in [0.4, 0.5) is 5.69 Å². The Morgan fingerprint density at radius 2 is 1.74 bits per heavy atom. The number of hydrogen-bond acceptors (Lipinski definition) is 4. The number of ether oxygens (including phenoxy) is 1. The Bertz CT molecular complexity index is 1610. The topological polar surface area (TPSA) is 110 Å². The Balaban J connectivity index is 1.23. The molecular weight excluding hydrogens is 542 g/mol. The fraction of sp³-hybridized carbons (Fsp3) is 0.457. The summed E-state index contributed by atoms with van der Waals surface area (Å²) in [4.78, 5) is 38.2. The predicted molar refractivity (Wildman–Crippen MR) is 168 cm³/mol. The molecule has 3 aliphatic carbocycles. The number of amides is 2. The Morgan fingerprint density at radius 1 is 0.977 bits per heavy atom. The molecule has 226 valence electrons. The number of fused-ring (bicyclic) bond motifs is 4. The van der Waals surface area contributed by atoms with Gasteiger partial charge in [0, 0.05) is 52.6 Å². The van der Waals surface area contributed by atoms with E-state index in [1.165, 1.54) is 67.7 Å². The SMILES string of the molecule is CCOc1cc(NC(=O)C2(NC(=O)c3ccc4c5c(n(C)c4c3)CCCC53CCCCC3)CCC2)ccc1/C=C/C(=O)O. The van der Waals surface area contributed by atoms with E-state index in [9.17, 15) is 14.4 Å². The van der Waals surface area contributed by atoms with Crippen LogP contribution in [0.1, 0.15) is 98.3 Å². The van der Waals surface area contributed by atoms with Crippen molar-refractivity contribution < 1.29 is 24.2 Å². The first-order chi connectivity index (χ1) is 20.7. The molecule has 0 saturated heterocycles. The molecule has 43 heavy (non-hydrogen) atoms. The molecule has 0 aliphatic heterocycles. The molecule has 2 fully saturated rings. The maximum absolute atomic E-state index is 13.6. The summed E-state index contributed by atoms with van der Waals surface area (Å²) in [5.41, 5.74) is 5.01. The van der Waals surface area contributed by atoms with Gasteiger partial charge in [-0.25, -0.2) is 4.79 Å². The normalized spacial score (nSPS) is 18.7. The van der Waals surface area contributed by atoms with Gasteiger partial charge in [-0.15, -0.1) is 0 Å². The highest BCUT2D eigenvalue weighted by atomic mass is 16.5. The molecule has 3 aromatic rings. The van der Waals surface area contributed by atoms with Crippen LogP contribution in [0.5, 0.6) is 5.75 Å². The van der Waals surface area contributed by atoms with Crippen LogP contribution in [0.15, 0.2) is 42.5 Å². The van der Waals surface area contributed by atoms with E-state index in [0.717, 1.165) is 24.4 Å². The van der Waals surface area contributed by atoms with Crippen molar-refractivity contribution >= 4 is 40.4 Å². The Kier molecular flexibility index (Phi) is 7.79. The molecule has 8 nitrogen and oxygen atoms in total. The van der Waals surface area contributed by atoms with Crippen molar-refractivity contribution in [2.45, 2.75) is 88.5 Å². The van der Waals surface area contributed by atoms with E-state index < -0.39 is 11.5 Å². The maximum Gasteiger partial charge on any atom is 0.328 e. The molecule has 3 aliphatic rings. The molecule has 6 rings (SSSR count). The largest absolute Gasteiger partial charge is 0.493 e. The smallest absolute Gasteiger partial charge is 0.328 e. The van der Waals surface area contributed by atoms with Crippen molar-refractivity contribution in [2.24, 2.45) is 7.05 Å². The standard InChI is InChI=1S/C35H41N3O5/c1-3-43-29-22-25(13-10-23(29)12-15-30(39)40)36-33(42)35(19-8-20-35)37-32(41)24-11-14-26-28(21-24)38(2)27-9-7-18-34(31(26)27)16-5-4-6-17-34/h10-15,21-22H,3-9,16-20H2,1-2H3,(H,36,42)(H,37,41)(H,39,40)/b15-12+. The minimum absolute atomic E-state index is 0.243. The summed E-state index contributed by atoms with van der Waals surface area (Å²) in [6, 6.07) is 11.2. The van der Waals surface area contributed by atoms with E-state index in [2.05, 4.69) is 28.3 Å². The van der Waals surface area contributed by atoms with Crippen molar-refractivity contribution in [2.75, 3.05) is 11.9 Å². The van der Waals surface area contributed by atoms with E-state index in [4.69, 9.17) is 9.84 Å². The molecule has 3 N–H and O–H groups in total. The zero-order valence-corrected chi connectivity index (χ0v) is 25.1. The number of aliphatic carboxylic acids is 1. The van der Waals surface area contributed by atoms with Crippen LogP contribution in [0, 0.1) is 0 Å². The lowest BCUT2D eigenvalue weighted by Gasteiger charge is -2.41. The Labute approximate surface area is 252 Å². The van der Waals surface area contributed by atoms with Crippen molar-refractivity contribution in [3.8, 4) is 5.75 Å². The molecule has 1 aromatic heterocycles. The van der Waals surface area contributed by atoms with Crippen LogP contribution in [0.2, 0.25) is 0 Å². The number of aromatic nitrogens is 1. The van der Waals surface area contributed by atoms with Crippen LogP contribution in [0.3, 0.4) is 0 Å². The molecule has 0 radical (unpaired) electrons. The van der Waals surface area contributed by atoms with E-state index in [0.29, 0.717) is 42.0 Å². The summed E-state index contributed by atoms with van der Waals surface area (Å²) in [6.07, 6.45) is 14.5. The minimum Gasteiger partial charge on any atom is -0.493 e. The van der Waals surface area contributed by atoms with Gasteiger partial charge < -0.3 is 25.0 Å².